The summed E-state index contributed by atoms with van der Waals surface area (Å²) in [6, 6.07) is 8.32. The molecule has 232 valence electrons. The number of fused-ring (bicyclic) bond motifs is 1. The second kappa shape index (κ2) is 12.9. The molecule has 0 radical (unpaired) electrons. The Bertz CT molecular complexity index is 1850. The molecule has 0 aliphatic carbocycles. The standard InChI is InChI=1S/C31H31FN8O4S/c1-5-27(41)40-10-8-18(9-11-40)35-24-13-20-23(14-26(24)42-4)33-16-34-28(20)36-22-7-6-19(12-21(22)32)43-31-37-25(15-45-31)30-39-38-29(44-30)17(2)3/h5-7,12-18,35H,1,8-11H2,2-4H3,(H,33,34,36). The molecule has 14 heteroatoms. The number of thiazole rings is 1. The lowest BCUT2D eigenvalue weighted by Gasteiger charge is -2.32. The molecule has 0 bridgehead atoms. The van der Waals surface area contributed by atoms with E-state index in [1.807, 2.05) is 26.0 Å². The van der Waals surface area contributed by atoms with Gasteiger partial charge in [0.05, 0.1) is 24.0 Å². The van der Waals surface area contributed by atoms with Crippen LogP contribution < -0.4 is 20.1 Å². The maximum Gasteiger partial charge on any atom is 0.279 e. The lowest BCUT2D eigenvalue weighted by Crippen LogP contribution is -2.41. The zero-order valence-corrected chi connectivity index (χ0v) is 25.7. The predicted octanol–water partition coefficient (Wildman–Crippen LogP) is 6.53. The molecule has 0 unspecified atom stereocenters. The van der Waals surface area contributed by atoms with Crippen molar-refractivity contribution >= 4 is 45.3 Å². The van der Waals surface area contributed by atoms with E-state index in [1.165, 1.54) is 29.8 Å². The van der Waals surface area contributed by atoms with Gasteiger partial charge >= 0.3 is 0 Å². The van der Waals surface area contributed by atoms with E-state index in [1.54, 1.807) is 29.5 Å². The van der Waals surface area contributed by atoms with Gasteiger partial charge in [-0.2, -0.15) is 4.98 Å². The van der Waals surface area contributed by atoms with Crippen molar-refractivity contribution in [3.05, 3.63) is 66.4 Å². The topological polar surface area (TPSA) is 140 Å². The lowest BCUT2D eigenvalue weighted by atomic mass is 10.0. The van der Waals surface area contributed by atoms with E-state index in [9.17, 15) is 4.79 Å². The molecule has 0 saturated carbocycles. The van der Waals surface area contributed by atoms with E-state index in [2.05, 4.69) is 42.4 Å². The van der Waals surface area contributed by atoms with Crippen LogP contribution in [0.1, 0.15) is 38.5 Å². The molecule has 12 nitrogen and oxygen atoms in total. The average Bonchev–Trinajstić information content (AvgIpc) is 3.73. The number of nitrogens with one attached hydrogen (secondary N) is 2. The summed E-state index contributed by atoms with van der Waals surface area (Å²) in [6.45, 7) is 8.76. The number of rotatable bonds is 10. The molecule has 1 saturated heterocycles. The van der Waals surface area contributed by atoms with E-state index in [0.29, 0.717) is 58.2 Å². The van der Waals surface area contributed by atoms with Gasteiger partial charge in [-0.05, 0) is 37.1 Å². The number of hydrogen-bond donors (Lipinski definition) is 2. The minimum absolute atomic E-state index is 0.0608. The van der Waals surface area contributed by atoms with Crippen molar-refractivity contribution in [3.63, 3.8) is 0 Å². The Morgan fingerprint density at radius 3 is 2.71 bits per heavy atom. The number of ether oxygens (including phenoxy) is 2. The van der Waals surface area contributed by atoms with Crippen LogP contribution in [-0.2, 0) is 4.79 Å². The number of carbonyl (C=O) groups is 1. The molecule has 3 aromatic heterocycles. The predicted molar refractivity (Wildman–Crippen MR) is 169 cm³/mol. The van der Waals surface area contributed by atoms with E-state index in [-0.39, 0.29) is 29.3 Å². The van der Waals surface area contributed by atoms with Crippen molar-refractivity contribution in [1.82, 2.24) is 30.0 Å². The summed E-state index contributed by atoms with van der Waals surface area (Å²) in [5, 5.41) is 17.4. The number of aromatic nitrogens is 5. The zero-order chi connectivity index (χ0) is 31.5. The maximum absolute atomic E-state index is 15.3. The first-order chi connectivity index (χ1) is 21.8. The SMILES string of the molecule is C=CC(=O)N1CCC(Nc2cc3c(Nc4ccc(Oc5nc(-c6nnc(C(C)C)o6)cs5)cc4F)ncnc3cc2OC)CC1. The first kappa shape index (κ1) is 29.9. The summed E-state index contributed by atoms with van der Waals surface area (Å²) < 4.78 is 32.4. The summed E-state index contributed by atoms with van der Waals surface area (Å²) in [5.41, 5.74) is 2.08. The molecule has 6 rings (SSSR count). The van der Waals surface area contributed by atoms with Crippen LogP contribution in [0.25, 0.3) is 22.5 Å². The average molecular weight is 631 g/mol. The highest BCUT2D eigenvalue weighted by atomic mass is 32.1. The third-order valence-electron chi connectivity index (χ3n) is 7.33. The molecule has 1 aliphatic rings. The number of piperidine rings is 1. The number of hydrogen-bond acceptors (Lipinski definition) is 12. The Hall–Kier alpha value is -5.11. The number of nitrogens with zero attached hydrogens (tertiary/aromatic N) is 6. The molecule has 2 N–H and O–H groups in total. The van der Waals surface area contributed by atoms with Crippen molar-refractivity contribution in [3.8, 4) is 28.3 Å². The van der Waals surface area contributed by atoms with Crippen LogP contribution in [0, 0.1) is 5.82 Å². The van der Waals surface area contributed by atoms with Gasteiger partial charge in [-0.25, -0.2) is 14.4 Å². The van der Waals surface area contributed by atoms with Crippen LogP contribution >= 0.6 is 11.3 Å². The molecule has 45 heavy (non-hydrogen) atoms. The lowest BCUT2D eigenvalue weighted by molar-refractivity contribution is -0.126. The van der Waals surface area contributed by atoms with Gasteiger partial charge in [-0.3, -0.25) is 4.79 Å². The van der Waals surface area contributed by atoms with Crippen LogP contribution in [0.2, 0.25) is 0 Å². The Balaban J connectivity index is 1.17. The number of methoxy groups -OCH3 is 1. The molecule has 1 fully saturated rings. The third-order valence-corrected chi connectivity index (χ3v) is 8.05. The number of carbonyl (C=O) groups excluding carboxylic acids is 1. The van der Waals surface area contributed by atoms with E-state index in [4.69, 9.17) is 13.9 Å². The fraction of sp³-hybridized carbons (Fsp3) is 0.290. The first-order valence-electron chi connectivity index (χ1n) is 14.4. The van der Waals surface area contributed by atoms with Crippen molar-refractivity contribution < 1.29 is 23.1 Å². The molecular weight excluding hydrogens is 599 g/mol. The number of likely N-dealkylation sites (tertiary alicyclic amines) is 1. The smallest absolute Gasteiger partial charge is 0.279 e. The second-order valence-electron chi connectivity index (χ2n) is 10.7. The van der Waals surface area contributed by atoms with Crippen LogP contribution in [0.15, 0.2) is 59.1 Å². The Morgan fingerprint density at radius 2 is 2.00 bits per heavy atom. The fourth-order valence-electron chi connectivity index (χ4n) is 4.92. The van der Waals surface area contributed by atoms with Gasteiger partial charge < -0.3 is 29.4 Å². The Labute approximate surface area is 262 Å². The minimum atomic E-state index is -0.540. The minimum Gasteiger partial charge on any atom is -0.495 e. The molecule has 0 atom stereocenters. The quantitative estimate of drug-likeness (QED) is 0.163. The largest absolute Gasteiger partial charge is 0.495 e. The second-order valence-corrected chi connectivity index (χ2v) is 11.5. The van der Waals surface area contributed by atoms with Gasteiger partial charge in [-0.1, -0.05) is 31.8 Å². The van der Waals surface area contributed by atoms with Gasteiger partial charge in [0, 0.05) is 47.9 Å². The van der Waals surface area contributed by atoms with Crippen molar-refractivity contribution in [2.45, 2.75) is 38.6 Å². The number of anilines is 3. The van der Waals surface area contributed by atoms with Gasteiger partial charge in [0.2, 0.25) is 11.8 Å². The Kier molecular flexibility index (Phi) is 8.56. The first-order valence-corrected chi connectivity index (χ1v) is 15.2. The fourth-order valence-corrected chi connectivity index (χ4v) is 5.58. The van der Waals surface area contributed by atoms with Gasteiger partial charge in [0.25, 0.3) is 11.1 Å². The third kappa shape index (κ3) is 6.55. The number of amides is 1. The summed E-state index contributed by atoms with van der Waals surface area (Å²) >= 11 is 1.24. The highest BCUT2D eigenvalue weighted by molar-refractivity contribution is 7.11. The zero-order valence-electron chi connectivity index (χ0n) is 24.9. The summed E-state index contributed by atoms with van der Waals surface area (Å²) in [6.07, 6.45) is 4.30. The monoisotopic (exact) mass is 630 g/mol. The van der Waals surface area contributed by atoms with Crippen LogP contribution in [0.3, 0.4) is 0 Å². The highest BCUT2D eigenvalue weighted by Crippen LogP contribution is 2.36. The van der Waals surface area contributed by atoms with Crippen molar-refractivity contribution in [2.75, 3.05) is 30.8 Å². The molecule has 4 heterocycles. The van der Waals surface area contributed by atoms with Crippen LogP contribution in [-0.4, -0.2) is 62.2 Å². The van der Waals surface area contributed by atoms with Gasteiger partial charge in [-0.15, -0.1) is 10.2 Å². The molecule has 0 spiro atoms. The highest BCUT2D eigenvalue weighted by Gasteiger charge is 2.23. The molecular formula is C31H31FN8O4S. The van der Waals surface area contributed by atoms with E-state index in [0.717, 1.165) is 18.5 Å². The van der Waals surface area contributed by atoms with E-state index < -0.39 is 5.82 Å². The molecule has 5 aromatic rings. The Morgan fingerprint density at radius 1 is 1.18 bits per heavy atom. The van der Waals surface area contributed by atoms with E-state index >= 15 is 4.39 Å². The summed E-state index contributed by atoms with van der Waals surface area (Å²) in [4.78, 5) is 26.9. The van der Waals surface area contributed by atoms with Gasteiger partial charge in [0.15, 0.2) is 0 Å². The van der Waals surface area contributed by atoms with Gasteiger partial charge in [0.1, 0.15) is 35.2 Å². The normalized spacial score (nSPS) is 13.7. The number of benzene rings is 2. The van der Waals surface area contributed by atoms with Crippen molar-refractivity contribution in [1.29, 1.82) is 0 Å². The molecule has 2 aromatic carbocycles. The molecule has 1 aliphatic heterocycles. The maximum atomic E-state index is 15.3. The summed E-state index contributed by atoms with van der Waals surface area (Å²) in [5.74, 6) is 1.64. The van der Waals surface area contributed by atoms with Crippen LogP contribution in [0.4, 0.5) is 21.6 Å². The molecule has 1 amide bonds. The summed E-state index contributed by atoms with van der Waals surface area (Å²) in [7, 11) is 1.59. The van der Waals surface area contributed by atoms with Crippen molar-refractivity contribution in [2.24, 2.45) is 0 Å². The number of halogens is 1. The van der Waals surface area contributed by atoms with Crippen LogP contribution in [0.5, 0.6) is 16.7 Å².